The third-order valence-electron chi connectivity index (χ3n) is 4.56. The van der Waals surface area contributed by atoms with Gasteiger partial charge in [-0.15, -0.1) is 0 Å². The molecule has 2 atom stereocenters. The Labute approximate surface area is 112 Å². The van der Waals surface area contributed by atoms with E-state index >= 15 is 0 Å². The van der Waals surface area contributed by atoms with Crippen LogP contribution in [0.2, 0.25) is 0 Å². The van der Waals surface area contributed by atoms with Crippen LogP contribution in [0.5, 0.6) is 0 Å². The molecule has 2 unspecified atom stereocenters. The van der Waals surface area contributed by atoms with Gasteiger partial charge in [0.25, 0.3) is 0 Å². The molecule has 0 bridgehead atoms. The highest BCUT2D eigenvalue weighted by atomic mass is 16.5. The number of carbonyl (C=O) groups excluding carboxylic acids is 1. The zero-order chi connectivity index (χ0) is 13.8. The molecular formula is C16H30O2. The lowest BCUT2D eigenvalue weighted by molar-refractivity contribution is -0.152. The van der Waals surface area contributed by atoms with Gasteiger partial charge in [0.1, 0.15) is 5.60 Å². The maximum atomic E-state index is 12.8. The number of Topliss-reactive ketones (excluding diaryl/α,β-unsaturated/α-hetero) is 1. The number of carbonyl (C=O) groups is 1. The van der Waals surface area contributed by atoms with Crippen molar-refractivity contribution in [1.82, 2.24) is 0 Å². The molecular weight excluding hydrogens is 224 g/mol. The second-order valence-electron chi connectivity index (χ2n) is 6.11. The number of ether oxygens (including phenoxy) is 1. The van der Waals surface area contributed by atoms with Crippen molar-refractivity contribution in [3.05, 3.63) is 0 Å². The Hall–Kier alpha value is -0.370. The summed E-state index contributed by atoms with van der Waals surface area (Å²) in [5.41, 5.74) is -0.518. The first-order chi connectivity index (χ1) is 8.49. The smallest absolute Gasteiger partial charge is 0.167 e. The van der Waals surface area contributed by atoms with E-state index in [2.05, 4.69) is 27.7 Å². The number of rotatable bonds is 6. The summed E-state index contributed by atoms with van der Waals surface area (Å²) in [7, 11) is 0. The average molecular weight is 254 g/mol. The molecule has 18 heavy (non-hydrogen) atoms. The molecule has 0 spiro atoms. The number of hydrogen-bond donors (Lipinski definition) is 0. The van der Waals surface area contributed by atoms with Crippen molar-refractivity contribution in [2.24, 2.45) is 17.8 Å². The Balaban J connectivity index is 2.82. The third kappa shape index (κ3) is 3.34. The molecule has 0 saturated heterocycles. The standard InChI is InChI=1S/C16H30O2/c1-6-16(7-2,18-8-3)15(17)14-10-12(4)9-13(5)11-14/h12-14H,6-11H2,1-5H3. The van der Waals surface area contributed by atoms with Gasteiger partial charge in [0, 0.05) is 12.5 Å². The lowest BCUT2D eigenvalue weighted by Crippen LogP contribution is -2.46. The van der Waals surface area contributed by atoms with Crippen molar-refractivity contribution >= 4 is 5.78 Å². The Kier molecular flexibility index (Phi) is 5.84. The van der Waals surface area contributed by atoms with Gasteiger partial charge < -0.3 is 4.74 Å². The van der Waals surface area contributed by atoms with Crippen LogP contribution >= 0.6 is 0 Å². The first-order valence-electron chi connectivity index (χ1n) is 7.67. The van der Waals surface area contributed by atoms with Crippen LogP contribution in [0.4, 0.5) is 0 Å². The summed E-state index contributed by atoms with van der Waals surface area (Å²) in [6, 6.07) is 0. The molecule has 0 aromatic rings. The first-order valence-corrected chi connectivity index (χ1v) is 7.67. The molecule has 1 saturated carbocycles. The molecule has 1 rings (SSSR count). The molecule has 1 aliphatic carbocycles. The summed E-state index contributed by atoms with van der Waals surface area (Å²) >= 11 is 0. The highest BCUT2D eigenvalue weighted by molar-refractivity contribution is 5.89. The zero-order valence-electron chi connectivity index (χ0n) is 12.8. The summed E-state index contributed by atoms with van der Waals surface area (Å²) in [5, 5.41) is 0. The van der Waals surface area contributed by atoms with Crippen molar-refractivity contribution in [2.45, 2.75) is 72.3 Å². The minimum Gasteiger partial charge on any atom is -0.368 e. The number of hydrogen-bond acceptors (Lipinski definition) is 2. The average Bonchev–Trinajstić information content (AvgIpc) is 2.34. The Morgan fingerprint density at radius 1 is 1.06 bits per heavy atom. The molecule has 0 aliphatic heterocycles. The molecule has 106 valence electrons. The Morgan fingerprint density at radius 3 is 1.94 bits per heavy atom. The molecule has 0 N–H and O–H groups in total. The predicted octanol–water partition coefficient (Wildman–Crippen LogP) is 4.22. The molecule has 0 radical (unpaired) electrons. The Morgan fingerprint density at radius 2 is 1.56 bits per heavy atom. The van der Waals surface area contributed by atoms with Crippen molar-refractivity contribution in [3.8, 4) is 0 Å². The Bertz CT molecular complexity index is 258. The summed E-state index contributed by atoms with van der Waals surface area (Å²) in [6.07, 6.45) is 4.98. The van der Waals surface area contributed by atoms with E-state index in [-0.39, 0.29) is 5.92 Å². The van der Waals surface area contributed by atoms with E-state index in [9.17, 15) is 4.79 Å². The first kappa shape index (κ1) is 15.7. The molecule has 0 aromatic carbocycles. The van der Waals surface area contributed by atoms with Gasteiger partial charge in [0.2, 0.25) is 0 Å². The van der Waals surface area contributed by atoms with Crippen molar-refractivity contribution in [2.75, 3.05) is 6.61 Å². The maximum Gasteiger partial charge on any atom is 0.167 e. The van der Waals surface area contributed by atoms with Gasteiger partial charge in [-0.2, -0.15) is 0 Å². The van der Waals surface area contributed by atoms with Gasteiger partial charge in [0.05, 0.1) is 0 Å². The van der Waals surface area contributed by atoms with E-state index in [4.69, 9.17) is 4.74 Å². The van der Waals surface area contributed by atoms with Crippen molar-refractivity contribution < 1.29 is 9.53 Å². The zero-order valence-corrected chi connectivity index (χ0v) is 12.8. The molecule has 0 heterocycles. The highest BCUT2D eigenvalue weighted by Gasteiger charge is 2.41. The normalized spacial score (nSPS) is 29.3. The van der Waals surface area contributed by atoms with E-state index in [1.54, 1.807) is 0 Å². The third-order valence-corrected chi connectivity index (χ3v) is 4.56. The van der Waals surface area contributed by atoms with E-state index < -0.39 is 5.60 Å². The lowest BCUT2D eigenvalue weighted by Gasteiger charge is -2.38. The lowest BCUT2D eigenvalue weighted by atomic mass is 9.71. The quantitative estimate of drug-likeness (QED) is 0.709. The minimum atomic E-state index is -0.518. The fourth-order valence-corrected chi connectivity index (χ4v) is 3.68. The van der Waals surface area contributed by atoms with Crippen LogP contribution in [0.15, 0.2) is 0 Å². The molecule has 1 aliphatic rings. The SMILES string of the molecule is CCOC(CC)(CC)C(=O)C1CC(C)CC(C)C1. The fourth-order valence-electron chi connectivity index (χ4n) is 3.68. The van der Waals surface area contributed by atoms with Gasteiger partial charge >= 0.3 is 0 Å². The molecule has 2 nitrogen and oxygen atoms in total. The van der Waals surface area contributed by atoms with Crippen LogP contribution in [0.1, 0.15) is 66.7 Å². The van der Waals surface area contributed by atoms with Crippen LogP contribution in [-0.4, -0.2) is 18.0 Å². The van der Waals surface area contributed by atoms with Crippen LogP contribution in [0, 0.1) is 17.8 Å². The van der Waals surface area contributed by atoms with E-state index in [1.165, 1.54) is 6.42 Å². The maximum absolute atomic E-state index is 12.8. The van der Waals surface area contributed by atoms with Gasteiger partial charge in [-0.25, -0.2) is 0 Å². The van der Waals surface area contributed by atoms with Crippen LogP contribution in [0.25, 0.3) is 0 Å². The molecule has 1 fully saturated rings. The van der Waals surface area contributed by atoms with Crippen molar-refractivity contribution in [1.29, 1.82) is 0 Å². The van der Waals surface area contributed by atoms with Gasteiger partial charge in [-0.1, -0.05) is 27.7 Å². The van der Waals surface area contributed by atoms with Crippen LogP contribution in [-0.2, 0) is 9.53 Å². The molecule has 2 heteroatoms. The second kappa shape index (κ2) is 6.70. The fraction of sp³-hybridized carbons (Fsp3) is 0.938. The monoisotopic (exact) mass is 254 g/mol. The second-order valence-corrected chi connectivity index (χ2v) is 6.11. The van der Waals surface area contributed by atoms with E-state index in [0.29, 0.717) is 24.2 Å². The summed E-state index contributed by atoms with van der Waals surface area (Å²) in [5.74, 6) is 1.94. The number of ketones is 1. The van der Waals surface area contributed by atoms with Crippen LogP contribution in [0.3, 0.4) is 0 Å². The largest absolute Gasteiger partial charge is 0.368 e. The van der Waals surface area contributed by atoms with Gasteiger partial charge in [0.15, 0.2) is 5.78 Å². The topological polar surface area (TPSA) is 26.3 Å². The van der Waals surface area contributed by atoms with E-state index in [0.717, 1.165) is 25.7 Å². The van der Waals surface area contributed by atoms with E-state index in [1.807, 2.05) is 6.92 Å². The summed E-state index contributed by atoms with van der Waals surface area (Å²) in [4.78, 5) is 12.8. The van der Waals surface area contributed by atoms with Crippen LogP contribution < -0.4 is 0 Å². The molecule has 0 aromatic heterocycles. The highest BCUT2D eigenvalue weighted by Crippen LogP contribution is 2.37. The summed E-state index contributed by atoms with van der Waals surface area (Å²) < 4.78 is 5.86. The van der Waals surface area contributed by atoms with Gasteiger partial charge in [-0.3, -0.25) is 4.79 Å². The predicted molar refractivity (Wildman–Crippen MR) is 75.6 cm³/mol. The molecule has 0 amide bonds. The summed E-state index contributed by atoms with van der Waals surface area (Å²) in [6.45, 7) is 11.3. The van der Waals surface area contributed by atoms with Gasteiger partial charge in [-0.05, 0) is 50.9 Å². The minimum absolute atomic E-state index is 0.218. The van der Waals surface area contributed by atoms with Crippen molar-refractivity contribution in [3.63, 3.8) is 0 Å².